The first-order valence-corrected chi connectivity index (χ1v) is 10.6. The van der Waals surface area contributed by atoms with E-state index >= 15 is 0 Å². The number of rotatable bonds is 2. The zero-order chi connectivity index (χ0) is 18.2. The van der Waals surface area contributed by atoms with E-state index in [4.69, 9.17) is 5.11 Å². The van der Waals surface area contributed by atoms with Gasteiger partial charge in [0.15, 0.2) is 0 Å². The van der Waals surface area contributed by atoms with Crippen LogP contribution in [0.15, 0.2) is 0 Å². The Kier molecular flexibility index (Phi) is 8.62. The zero-order valence-electron chi connectivity index (χ0n) is 17.4. The fraction of sp³-hybridized carbons (Fsp3) is 0.955. The van der Waals surface area contributed by atoms with Crippen molar-refractivity contribution in [1.29, 1.82) is 0 Å². The number of Topliss-reactive ketones (excluding diaryl/α,β-unsaturated/α-hetero) is 1. The molecule has 1 N–H and O–H groups in total. The summed E-state index contributed by atoms with van der Waals surface area (Å²) >= 11 is 0. The maximum Gasteiger partial charge on any atom is 1.00 e. The molecule has 4 rings (SSSR count). The molecule has 0 spiro atoms. The van der Waals surface area contributed by atoms with Crippen molar-refractivity contribution in [3.8, 4) is 0 Å². The van der Waals surface area contributed by atoms with E-state index < -0.39 is 0 Å². The van der Waals surface area contributed by atoms with E-state index in [2.05, 4.69) is 6.92 Å². The minimum absolute atomic E-state index is 0. The first-order valence-electron chi connectivity index (χ1n) is 10.6. The molecule has 0 radical (unpaired) electrons. The number of fused-ring (bicyclic) bond motifs is 5. The minimum Gasteiger partial charge on any atom is -0.854 e. The van der Waals surface area contributed by atoms with Crippen LogP contribution < -0.4 is 63.3 Å². The molecule has 0 aromatic heterocycles. The Bertz CT molecular complexity index is 496. The molecule has 4 aliphatic carbocycles. The first kappa shape index (κ1) is 23.7. The molecule has 4 fully saturated rings. The second-order valence-electron chi connectivity index (χ2n) is 9.56. The van der Waals surface area contributed by atoms with E-state index in [-0.39, 0.29) is 75.6 Å². The number of carbonyl (C=O) groups is 1. The summed E-state index contributed by atoms with van der Waals surface area (Å²) in [5.74, 6) is 3.54. The van der Waals surface area contributed by atoms with E-state index in [0.29, 0.717) is 29.5 Å². The predicted molar refractivity (Wildman–Crippen MR) is 97.9 cm³/mol. The van der Waals surface area contributed by atoms with Crippen molar-refractivity contribution < 1.29 is 73.2 Å². The van der Waals surface area contributed by atoms with Crippen molar-refractivity contribution in [2.45, 2.75) is 78.1 Å². The molecule has 0 heterocycles. The molecule has 7 atom stereocenters. The van der Waals surface area contributed by atoms with Crippen molar-refractivity contribution in [1.82, 2.24) is 0 Å². The van der Waals surface area contributed by atoms with Crippen LogP contribution in [0.2, 0.25) is 0 Å². The van der Waals surface area contributed by atoms with Crippen LogP contribution in [0.25, 0.3) is 0 Å². The summed E-state index contributed by atoms with van der Waals surface area (Å²) in [7, 11) is 1.00. The van der Waals surface area contributed by atoms with Gasteiger partial charge in [0.1, 0.15) is 5.78 Å². The summed E-state index contributed by atoms with van der Waals surface area (Å²) in [5.41, 5.74) is 0.357. The van der Waals surface area contributed by atoms with E-state index in [1.54, 1.807) is 0 Å². The number of hydrogen-bond donors (Lipinski definition) is 1. The van der Waals surface area contributed by atoms with Crippen molar-refractivity contribution in [2.24, 2.45) is 40.4 Å². The Hall–Kier alpha value is 1.40. The van der Waals surface area contributed by atoms with E-state index in [9.17, 15) is 9.90 Å². The summed E-state index contributed by atoms with van der Waals surface area (Å²) < 4.78 is 0. The maximum absolute atomic E-state index is 12.4. The van der Waals surface area contributed by atoms with E-state index in [1.165, 1.54) is 57.8 Å². The van der Waals surface area contributed by atoms with Gasteiger partial charge in [-0.1, -0.05) is 19.8 Å². The molecular formula is C22H37O3Rb. The predicted octanol–water partition coefficient (Wildman–Crippen LogP) is 0.577. The zero-order valence-corrected chi connectivity index (χ0v) is 22.3. The van der Waals surface area contributed by atoms with Crippen molar-refractivity contribution in [2.75, 3.05) is 13.7 Å². The van der Waals surface area contributed by atoms with E-state index in [0.717, 1.165) is 19.4 Å². The molecule has 0 saturated heterocycles. The number of ketones is 1. The molecule has 6 unspecified atom stereocenters. The Morgan fingerprint density at radius 2 is 1.73 bits per heavy atom. The fourth-order valence-corrected chi connectivity index (χ4v) is 8.02. The van der Waals surface area contributed by atoms with E-state index in [1.807, 2.05) is 6.92 Å². The van der Waals surface area contributed by atoms with Crippen LogP contribution in [0.3, 0.4) is 0 Å². The van der Waals surface area contributed by atoms with Gasteiger partial charge in [0.25, 0.3) is 0 Å². The fourth-order valence-electron chi connectivity index (χ4n) is 8.02. The summed E-state index contributed by atoms with van der Waals surface area (Å²) in [5, 5.41) is 19.4. The molecule has 0 aliphatic heterocycles. The molecule has 0 aromatic rings. The van der Waals surface area contributed by atoms with Crippen molar-refractivity contribution in [3.05, 3.63) is 0 Å². The third-order valence-electron chi connectivity index (χ3n) is 9.04. The average molecular weight is 435 g/mol. The van der Waals surface area contributed by atoms with Gasteiger partial charge in [-0.25, -0.2) is 0 Å². The number of hydrogen-bond acceptors (Lipinski definition) is 3. The maximum atomic E-state index is 12.4. The molecule has 4 saturated carbocycles. The van der Waals surface area contributed by atoms with Gasteiger partial charge < -0.3 is 10.2 Å². The Morgan fingerprint density at radius 1 is 1.00 bits per heavy atom. The first-order chi connectivity index (χ1) is 12.0. The SMILES string of the molecule is CC(=O)C1CCC2C3CCC4CCCCC4(C[O-])[C@H]3CCC12C.CO.[Rb+]. The second-order valence-corrected chi connectivity index (χ2v) is 9.56. The normalized spacial score (nSPS) is 46.6. The topological polar surface area (TPSA) is 60.4 Å². The smallest absolute Gasteiger partial charge is 0.854 e. The van der Waals surface area contributed by atoms with Crippen LogP contribution in [0, 0.1) is 40.4 Å². The summed E-state index contributed by atoms with van der Waals surface area (Å²) in [6, 6.07) is 0. The molecule has 4 heteroatoms. The van der Waals surface area contributed by atoms with Crippen LogP contribution in [-0.4, -0.2) is 24.6 Å². The molecule has 144 valence electrons. The standard InChI is InChI=1S/C21H33O2.CH4O.Rb/c1-14(23)17-8-9-18-16-7-6-15-5-3-4-11-21(15,13-22)19(16)10-12-20(17,18)2;1-2;/h15-19H,3-13H2,1-2H3;2H,1H3;/q-1;;+1/t15?,16?,17?,18?,19-,20?,21?;;/m0../s1. The Labute approximate surface area is 208 Å². The van der Waals surface area contributed by atoms with Crippen molar-refractivity contribution in [3.63, 3.8) is 0 Å². The second kappa shape index (κ2) is 9.47. The Morgan fingerprint density at radius 3 is 2.38 bits per heavy atom. The third-order valence-corrected chi connectivity index (χ3v) is 9.04. The van der Waals surface area contributed by atoms with Gasteiger partial charge in [0, 0.05) is 13.0 Å². The van der Waals surface area contributed by atoms with Gasteiger partial charge in [0.2, 0.25) is 0 Å². The molecular weight excluding hydrogens is 398 g/mol. The average Bonchev–Trinajstić information content (AvgIpc) is 3.00. The molecule has 26 heavy (non-hydrogen) atoms. The van der Waals surface area contributed by atoms with Gasteiger partial charge in [-0.3, -0.25) is 4.79 Å². The van der Waals surface area contributed by atoms with Crippen LogP contribution >= 0.6 is 0 Å². The van der Waals surface area contributed by atoms with Crippen LogP contribution in [-0.2, 0) is 4.79 Å². The van der Waals surface area contributed by atoms with Crippen LogP contribution in [0.1, 0.15) is 78.1 Å². The number of aliphatic hydroxyl groups is 1. The summed E-state index contributed by atoms with van der Waals surface area (Å²) in [4.78, 5) is 12.2. The molecule has 3 nitrogen and oxygen atoms in total. The molecule has 0 amide bonds. The van der Waals surface area contributed by atoms with Crippen molar-refractivity contribution >= 4 is 5.78 Å². The quantitative estimate of drug-likeness (QED) is 0.691. The Balaban J connectivity index is 0.000000784. The van der Waals surface area contributed by atoms with Gasteiger partial charge in [-0.05, 0) is 92.8 Å². The van der Waals surface area contributed by atoms with Gasteiger partial charge in [-0.15, -0.1) is 6.61 Å². The number of aliphatic hydroxyl groups excluding tert-OH is 1. The van der Waals surface area contributed by atoms with Gasteiger partial charge in [-0.2, -0.15) is 0 Å². The monoisotopic (exact) mass is 434 g/mol. The summed E-state index contributed by atoms with van der Waals surface area (Å²) in [6.45, 7) is 4.38. The van der Waals surface area contributed by atoms with Gasteiger partial charge >= 0.3 is 58.2 Å². The van der Waals surface area contributed by atoms with Crippen LogP contribution in [0.5, 0.6) is 0 Å². The van der Waals surface area contributed by atoms with Crippen LogP contribution in [0.4, 0.5) is 0 Å². The van der Waals surface area contributed by atoms with Gasteiger partial charge in [0.05, 0.1) is 0 Å². The molecule has 0 bridgehead atoms. The third kappa shape index (κ3) is 3.64. The largest absolute Gasteiger partial charge is 1.00 e. The molecule has 0 aromatic carbocycles. The minimum atomic E-state index is 0. The molecule has 4 aliphatic rings. The number of carbonyl (C=O) groups excluding carboxylic acids is 1. The summed E-state index contributed by atoms with van der Waals surface area (Å²) in [6.07, 6.45) is 12.5.